The van der Waals surface area contributed by atoms with E-state index < -0.39 is 0 Å². The van der Waals surface area contributed by atoms with Gasteiger partial charge in [0.15, 0.2) is 6.29 Å². The summed E-state index contributed by atoms with van der Waals surface area (Å²) in [6.45, 7) is 0. The molecule has 0 aliphatic carbocycles. The highest BCUT2D eigenvalue weighted by atomic mass is 35.5. The van der Waals surface area contributed by atoms with Crippen molar-refractivity contribution in [3.8, 4) is 5.75 Å². The molecule has 2 aromatic rings. The van der Waals surface area contributed by atoms with Crippen molar-refractivity contribution in [3.05, 3.63) is 53.1 Å². The Morgan fingerprint density at radius 1 is 1.17 bits per heavy atom. The third kappa shape index (κ3) is 2.86. The number of rotatable bonds is 4. The van der Waals surface area contributed by atoms with E-state index in [9.17, 15) is 4.79 Å². The quantitative estimate of drug-likeness (QED) is 0.780. The number of halogens is 1. The monoisotopic (exact) mass is 278 g/mol. The molecule has 0 saturated heterocycles. The molecular formula is C14H11ClO2S. The minimum Gasteiger partial charge on any atom is -0.497 e. The second-order valence-electron chi connectivity index (χ2n) is 3.55. The van der Waals surface area contributed by atoms with Gasteiger partial charge in [0.2, 0.25) is 0 Å². The summed E-state index contributed by atoms with van der Waals surface area (Å²) in [6.07, 6.45) is 0.786. The molecule has 0 N–H and O–H groups in total. The first-order valence-corrected chi connectivity index (χ1v) is 6.49. The summed E-state index contributed by atoms with van der Waals surface area (Å²) in [5.74, 6) is 0.807. The number of hydrogen-bond donors (Lipinski definition) is 0. The van der Waals surface area contributed by atoms with Gasteiger partial charge in [-0.05, 0) is 36.4 Å². The predicted octanol–water partition coefficient (Wildman–Crippen LogP) is 4.31. The molecule has 0 heterocycles. The van der Waals surface area contributed by atoms with Crippen LogP contribution in [0.4, 0.5) is 0 Å². The lowest BCUT2D eigenvalue weighted by molar-refractivity contribution is 0.112. The molecule has 0 saturated carbocycles. The maximum absolute atomic E-state index is 11.0. The lowest BCUT2D eigenvalue weighted by atomic mass is 10.2. The average Bonchev–Trinajstić information content (AvgIpc) is 2.40. The summed E-state index contributed by atoms with van der Waals surface area (Å²) in [5.41, 5.74) is 0.528. The van der Waals surface area contributed by atoms with Gasteiger partial charge in [0.05, 0.1) is 12.1 Å². The second-order valence-corrected chi connectivity index (χ2v) is 5.07. The van der Waals surface area contributed by atoms with Gasteiger partial charge < -0.3 is 4.74 Å². The first-order valence-electron chi connectivity index (χ1n) is 5.30. The lowest BCUT2D eigenvalue weighted by Gasteiger charge is -2.06. The van der Waals surface area contributed by atoms with Crippen LogP contribution in [0.1, 0.15) is 10.4 Å². The Morgan fingerprint density at radius 2 is 1.89 bits per heavy atom. The molecule has 0 amide bonds. The molecule has 0 bridgehead atoms. The fourth-order valence-corrected chi connectivity index (χ4v) is 2.71. The minimum atomic E-state index is 0.475. The van der Waals surface area contributed by atoms with Crippen molar-refractivity contribution in [2.24, 2.45) is 0 Å². The van der Waals surface area contributed by atoms with Gasteiger partial charge in [0.25, 0.3) is 0 Å². The normalized spacial score (nSPS) is 10.1. The van der Waals surface area contributed by atoms with E-state index in [1.165, 1.54) is 11.8 Å². The smallest absolute Gasteiger partial charge is 0.152 e. The number of methoxy groups -OCH3 is 1. The molecule has 2 nitrogen and oxygen atoms in total. The fourth-order valence-electron chi connectivity index (χ4n) is 1.49. The first kappa shape index (κ1) is 13.0. The standard InChI is InChI=1S/C14H11ClO2S/c1-17-10-5-7-11(8-6-10)18-14-4-2-3-13(15)12(14)9-16/h2-9H,1H3. The van der Waals surface area contributed by atoms with Crippen LogP contribution in [0.15, 0.2) is 52.3 Å². The van der Waals surface area contributed by atoms with Gasteiger partial charge in [-0.2, -0.15) is 0 Å². The van der Waals surface area contributed by atoms with Crippen LogP contribution in [-0.2, 0) is 0 Å². The molecule has 0 aromatic heterocycles. The van der Waals surface area contributed by atoms with E-state index in [0.717, 1.165) is 21.8 Å². The molecule has 2 aromatic carbocycles. The Morgan fingerprint density at radius 3 is 2.50 bits per heavy atom. The zero-order valence-electron chi connectivity index (χ0n) is 9.72. The maximum atomic E-state index is 11.0. The van der Waals surface area contributed by atoms with Crippen molar-refractivity contribution in [2.75, 3.05) is 7.11 Å². The largest absolute Gasteiger partial charge is 0.497 e. The van der Waals surface area contributed by atoms with Gasteiger partial charge >= 0.3 is 0 Å². The molecule has 0 atom stereocenters. The van der Waals surface area contributed by atoms with Crippen molar-refractivity contribution in [1.29, 1.82) is 0 Å². The third-order valence-corrected chi connectivity index (χ3v) is 3.83. The van der Waals surface area contributed by atoms with Crippen molar-refractivity contribution in [1.82, 2.24) is 0 Å². The van der Waals surface area contributed by atoms with E-state index in [2.05, 4.69) is 0 Å². The van der Waals surface area contributed by atoms with Gasteiger partial charge in [-0.25, -0.2) is 0 Å². The molecule has 18 heavy (non-hydrogen) atoms. The maximum Gasteiger partial charge on any atom is 0.152 e. The number of aldehydes is 1. The molecule has 0 aliphatic rings. The Kier molecular flexibility index (Phi) is 4.28. The number of ether oxygens (including phenoxy) is 1. The third-order valence-electron chi connectivity index (χ3n) is 2.42. The van der Waals surface area contributed by atoms with E-state index >= 15 is 0 Å². The van der Waals surface area contributed by atoms with Crippen LogP contribution in [-0.4, -0.2) is 13.4 Å². The number of hydrogen-bond acceptors (Lipinski definition) is 3. The highest BCUT2D eigenvalue weighted by Crippen LogP contribution is 2.33. The van der Waals surface area contributed by atoms with E-state index in [-0.39, 0.29) is 0 Å². The van der Waals surface area contributed by atoms with Gasteiger partial charge in [0, 0.05) is 15.4 Å². The summed E-state index contributed by atoms with van der Waals surface area (Å²) < 4.78 is 5.10. The molecule has 0 aliphatic heterocycles. The molecule has 0 unspecified atom stereocenters. The van der Waals surface area contributed by atoms with Gasteiger partial charge in [-0.1, -0.05) is 29.4 Å². The summed E-state index contributed by atoms with van der Waals surface area (Å²) >= 11 is 7.48. The van der Waals surface area contributed by atoms with Crippen LogP contribution >= 0.6 is 23.4 Å². The molecule has 0 spiro atoms. The summed E-state index contributed by atoms with van der Waals surface area (Å²) in [5, 5.41) is 0.475. The molecule has 4 heteroatoms. The van der Waals surface area contributed by atoms with Crippen molar-refractivity contribution < 1.29 is 9.53 Å². The zero-order valence-corrected chi connectivity index (χ0v) is 11.3. The SMILES string of the molecule is COc1ccc(Sc2cccc(Cl)c2C=O)cc1. The molecule has 0 radical (unpaired) electrons. The van der Waals surface area contributed by atoms with Gasteiger partial charge in [-0.15, -0.1) is 0 Å². The highest BCUT2D eigenvalue weighted by Gasteiger charge is 2.07. The topological polar surface area (TPSA) is 26.3 Å². The Bertz CT molecular complexity index is 552. The van der Waals surface area contributed by atoms with Crippen LogP contribution in [0.2, 0.25) is 5.02 Å². The van der Waals surface area contributed by atoms with E-state index in [1.54, 1.807) is 13.2 Å². The Hall–Kier alpha value is -1.45. The van der Waals surface area contributed by atoms with E-state index in [0.29, 0.717) is 10.6 Å². The van der Waals surface area contributed by atoms with Crippen molar-refractivity contribution >= 4 is 29.6 Å². The Balaban J connectivity index is 2.28. The highest BCUT2D eigenvalue weighted by molar-refractivity contribution is 7.99. The molecule has 2 rings (SSSR count). The zero-order chi connectivity index (χ0) is 13.0. The average molecular weight is 279 g/mol. The number of carbonyl (C=O) groups excluding carboxylic acids is 1. The van der Waals surface area contributed by atoms with Crippen LogP contribution < -0.4 is 4.74 Å². The molecular weight excluding hydrogens is 268 g/mol. The predicted molar refractivity (Wildman–Crippen MR) is 74.0 cm³/mol. The molecule has 0 fully saturated rings. The van der Waals surface area contributed by atoms with E-state index in [1.807, 2.05) is 36.4 Å². The first-order chi connectivity index (χ1) is 8.74. The minimum absolute atomic E-state index is 0.475. The fraction of sp³-hybridized carbons (Fsp3) is 0.0714. The van der Waals surface area contributed by atoms with Crippen LogP contribution in [0.25, 0.3) is 0 Å². The number of benzene rings is 2. The number of carbonyl (C=O) groups is 1. The summed E-state index contributed by atoms with van der Waals surface area (Å²) in [4.78, 5) is 12.9. The van der Waals surface area contributed by atoms with Crippen LogP contribution in [0.3, 0.4) is 0 Å². The van der Waals surface area contributed by atoms with Gasteiger partial charge in [0.1, 0.15) is 5.75 Å². The second kappa shape index (κ2) is 5.94. The van der Waals surface area contributed by atoms with Crippen LogP contribution in [0, 0.1) is 0 Å². The van der Waals surface area contributed by atoms with E-state index in [4.69, 9.17) is 16.3 Å². The van der Waals surface area contributed by atoms with Crippen molar-refractivity contribution in [3.63, 3.8) is 0 Å². The lowest BCUT2D eigenvalue weighted by Crippen LogP contribution is -1.87. The summed E-state index contributed by atoms with van der Waals surface area (Å²) in [7, 11) is 1.63. The van der Waals surface area contributed by atoms with Gasteiger partial charge in [-0.3, -0.25) is 4.79 Å². The summed E-state index contributed by atoms with van der Waals surface area (Å²) in [6, 6.07) is 13.1. The van der Waals surface area contributed by atoms with Crippen molar-refractivity contribution in [2.45, 2.75) is 9.79 Å². The Labute approximate surface area is 115 Å². The molecule has 92 valence electrons. The van der Waals surface area contributed by atoms with Crippen LogP contribution in [0.5, 0.6) is 5.75 Å².